The van der Waals surface area contributed by atoms with E-state index in [1.54, 1.807) is 0 Å². The van der Waals surface area contributed by atoms with Gasteiger partial charge in [0.15, 0.2) is 0 Å². The Morgan fingerprint density at radius 3 is 1.53 bits per heavy atom. The minimum atomic E-state index is -0.840. The lowest BCUT2D eigenvalue weighted by atomic mass is 10.00. The summed E-state index contributed by atoms with van der Waals surface area (Å²) in [6, 6.07) is 16.1. The summed E-state index contributed by atoms with van der Waals surface area (Å²) in [7, 11) is 0. The van der Waals surface area contributed by atoms with Gasteiger partial charge in [-0.1, -0.05) is 48.5 Å². The minimum Gasteiger partial charge on any atom is -0.306 e. The van der Waals surface area contributed by atoms with Crippen LogP contribution in [0.15, 0.2) is 48.5 Å². The summed E-state index contributed by atoms with van der Waals surface area (Å²) >= 11 is 0. The molecule has 3 rings (SSSR count). The van der Waals surface area contributed by atoms with E-state index in [4.69, 9.17) is 11.5 Å². The largest absolute Gasteiger partial charge is 0.306 e. The first-order chi connectivity index (χ1) is 7.21. The lowest BCUT2D eigenvalue weighted by Crippen LogP contribution is -2.45. The van der Waals surface area contributed by atoms with Gasteiger partial charge in [0.1, 0.15) is 5.66 Å². The highest BCUT2D eigenvalue weighted by Crippen LogP contribution is 2.42. The number of fused-ring (bicyclic) bond motifs is 3. The van der Waals surface area contributed by atoms with Gasteiger partial charge in [-0.25, -0.2) is 0 Å². The van der Waals surface area contributed by atoms with Crippen molar-refractivity contribution in [3.8, 4) is 11.1 Å². The van der Waals surface area contributed by atoms with Crippen LogP contribution in [0.1, 0.15) is 11.1 Å². The third-order valence-electron chi connectivity index (χ3n) is 3.04. The van der Waals surface area contributed by atoms with Crippen molar-refractivity contribution < 1.29 is 0 Å². The van der Waals surface area contributed by atoms with Crippen LogP contribution in [-0.4, -0.2) is 0 Å². The van der Waals surface area contributed by atoms with Gasteiger partial charge in [0, 0.05) is 0 Å². The first kappa shape index (κ1) is 8.65. The summed E-state index contributed by atoms with van der Waals surface area (Å²) in [6.07, 6.45) is 0. The maximum Gasteiger partial charge on any atom is 0.117 e. The molecule has 2 aromatic rings. The van der Waals surface area contributed by atoms with Crippen molar-refractivity contribution in [2.45, 2.75) is 5.66 Å². The van der Waals surface area contributed by atoms with Gasteiger partial charge < -0.3 is 11.5 Å². The highest BCUT2D eigenvalue weighted by molar-refractivity contribution is 5.80. The Labute approximate surface area is 88.5 Å². The van der Waals surface area contributed by atoms with Crippen molar-refractivity contribution >= 4 is 0 Å². The summed E-state index contributed by atoms with van der Waals surface area (Å²) in [5.41, 5.74) is 15.8. The molecule has 1 aliphatic carbocycles. The van der Waals surface area contributed by atoms with Crippen LogP contribution in [0.3, 0.4) is 0 Å². The van der Waals surface area contributed by atoms with Crippen LogP contribution in [0.4, 0.5) is 0 Å². The van der Waals surface area contributed by atoms with Gasteiger partial charge in [-0.05, 0) is 22.3 Å². The number of hydrogen-bond acceptors (Lipinski definition) is 2. The van der Waals surface area contributed by atoms with E-state index in [0.29, 0.717) is 0 Å². The number of hydrogen-bond donors (Lipinski definition) is 2. The molecule has 0 atom stereocenters. The summed E-state index contributed by atoms with van der Waals surface area (Å²) in [5, 5.41) is 0. The Kier molecular flexibility index (Phi) is 1.55. The first-order valence-corrected chi connectivity index (χ1v) is 4.98. The Morgan fingerprint density at radius 1 is 0.667 bits per heavy atom. The second kappa shape index (κ2) is 2.69. The molecule has 2 heteroatoms. The predicted octanol–water partition coefficient (Wildman–Crippen LogP) is 1.79. The van der Waals surface area contributed by atoms with Crippen molar-refractivity contribution in [2.75, 3.05) is 0 Å². The smallest absolute Gasteiger partial charge is 0.117 e. The Balaban J connectivity index is 2.42. The molecular formula is C13H12N2. The molecule has 0 heterocycles. The number of nitrogens with two attached hydrogens (primary N) is 2. The third kappa shape index (κ3) is 1.00. The van der Waals surface area contributed by atoms with Crippen molar-refractivity contribution in [1.82, 2.24) is 0 Å². The maximum atomic E-state index is 6.18. The summed E-state index contributed by atoms with van der Waals surface area (Å²) in [4.78, 5) is 0. The molecule has 2 aromatic carbocycles. The Bertz CT molecular complexity index is 482. The zero-order chi connectivity index (χ0) is 10.5. The quantitative estimate of drug-likeness (QED) is 0.631. The molecule has 0 spiro atoms. The summed E-state index contributed by atoms with van der Waals surface area (Å²) < 4.78 is 0. The molecule has 2 nitrogen and oxygen atoms in total. The Hall–Kier alpha value is -1.64. The van der Waals surface area contributed by atoms with Crippen LogP contribution in [-0.2, 0) is 5.66 Å². The predicted molar refractivity (Wildman–Crippen MR) is 61.0 cm³/mol. The molecule has 74 valence electrons. The van der Waals surface area contributed by atoms with Gasteiger partial charge in [-0.2, -0.15) is 0 Å². The highest BCUT2D eigenvalue weighted by atomic mass is 15.0. The van der Waals surface area contributed by atoms with Gasteiger partial charge in [0.05, 0.1) is 0 Å². The van der Waals surface area contributed by atoms with Crippen LogP contribution >= 0.6 is 0 Å². The average Bonchev–Trinajstić information content (AvgIpc) is 2.51. The second-order valence-corrected chi connectivity index (χ2v) is 3.96. The fourth-order valence-electron chi connectivity index (χ4n) is 2.30. The fraction of sp³-hybridized carbons (Fsp3) is 0.0769. The molecule has 0 aliphatic heterocycles. The van der Waals surface area contributed by atoms with Crippen molar-refractivity contribution in [2.24, 2.45) is 11.5 Å². The standard InChI is InChI=1S/C13H12N2/c14-13(15)11-7-3-1-5-9(11)10-6-2-4-8-12(10)13/h1-8H,14-15H2. The monoisotopic (exact) mass is 196 g/mol. The maximum absolute atomic E-state index is 6.18. The van der Waals surface area contributed by atoms with E-state index < -0.39 is 5.66 Å². The lowest BCUT2D eigenvalue weighted by molar-refractivity contribution is 0.584. The molecule has 0 fully saturated rings. The first-order valence-electron chi connectivity index (χ1n) is 4.98. The average molecular weight is 196 g/mol. The second-order valence-electron chi connectivity index (χ2n) is 3.96. The van der Waals surface area contributed by atoms with E-state index >= 15 is 0 Å². The van der Waals surface area contributed by atoms with E-state index in [0.717, 1.165) is 22.3 Å². The number of benzene rings is 2. The van der Waals surface area contributed by atoms with E-state index in [1.165, 1.54) is 0 Å². The van der Waals surface area contributed by atoms with Crippen molar-refractivity contribution in [1.29, 1.82) is 0 Å². The molecule has 4 N–H and O–H groups in total. The molecule has 0 aromatic heterocycles. The van der Waals surface area contributed by atoms with Gasteiger partial charge in [-0.15, -0.1) is 0 Å². The normalized spacial score (nSPS) is 15.9. The summed E-state index contributed by atoms with van der Waals surface area (Å²) in [5.74, 6) is 0. The minimum absolute atomic E-state index is 0.840. The van der Waals surface area contributed by atoms with Crippen LogP contribution < -0.4 is 11.5 Å². The molecule has 0 saturated carbocycles. The SMILES string of the molecule is NC1(N)c2ccccc2-c2ccccc21. The van der Waals surface area contributed by atoms with Crippen LogP contribution in [0.5, 0.6) is 0 Å². The topological polar surface area (TPSA) is 52.0 Å². The molecule has 0 saturated heterocycles. The zero-order valence-corrected chi connectivity index (χ0v) is 8.27. The highest BCUT2D eigenvalue weighted by Gasteiger charge is 2.35. The van der Waals surface area contributed by atoms with E-state index in [2.05, 4.69) is 12.1 Å². The van der Waals surface area contributed by atoms with Crippen LogP contribution in [0.2, 0.25) is 0 Å². The number of rotatable bonds is 0. The molecule has 1 aliphatic rings. The lowest BCUT2D eigenvalue weighted by Gasteiger charge is -2.20. The molecule has 15 heavy (non-hydrogen) atoms. The van der Waals surface area contributed by atoms with Gasteiger partial charge >= 0.3 is 0 Å². The van der Waals surface area contributed by atoms with Gasteiger partial charge in [-0.3, -0.25) is 0 Å². The van der Waals surface area contributed by atoms with Crippen LogP contribution in [0.25, 0.3) is 11.1 Å². The van der Waals surface area contributed by atoms with Crippen molar-refractivity contribution in [3.05, 3.63) is 59.7 Å². The van der Waals surface area contributed by atoms with Crippen molar-refractivity contribution in [3.63, 3.8) is 0 Å². The Morgan fingerprint density at radius 2 is 1.07 bits per heavy atom. The zero-order valence-electron chi connectivity index (χ0n) is 8.27. The molecular weight excluding hydrogens is 184 g/mol. The van der Waals surface area contributed by atoms with Crippen LogP contribution in [0, 0.1) is 0 Å². The molecule has 0 unspecified atom stereocenters. The van der Waals surface area contributed by atoms with E-state index in [9.17, 15) is 0 Å². The van der Waals surface area contributed by atoms with Gasteiger partial charge in [0.25, 0.3) is 0 Å². The van der Waals surface area contributed by atoms with E-state index in [-0.39, 0.29) is 0 Å². The molecule has 0 bridgehead atoms. The third-order valence-corrected chi connectivity index (χ3v) is 3.04. The summed E-state index contributed by atoms with van der Waals surface area (Å²) in [6.45, 7) is 0. The van der Waals surface area contributed by atoms with Gasteiger partial charge in [0.2, 0.25) is 0 Å². The molecule has 0 amide bonds. The van der Waals surface area contributed by atoms with E-state index in [1.807, 2.05) is 36.4 Å². The fourth-order valence-corrected chi connectivity index (χ4v) is 2.30. The molecule has 0 radical (unpaired) electrons.